The number of halogens is 1. The molecule has 0 saturated heterocycles. The largest absolute Gasteiger partial charge is 0.479 e. The van der Waals surface area contributed by atoms with Crippen LogP contribution in [0.5, 0.6) is 0 Å². The summed E-state index contributed by atoms with van der Waals surface area (Å²) in [5.41, 5.74) is 1.77. The molecule has 0 aliphatic carbocycles. The number of aliphatic carboxylic acids is 1. The highest BCUT2D eigenvalue weighted by Crippen LogP contribution is 2.27. The third kappa shape index (κ3) is 3.99. The van der Waals surface area contributed by atoms with Crippen LogP contribution in [0.25, 0.3) is 10.9 Å². The van der Waals surface area contributed by atoms with Crippen LogP contribution in [-0.2, 0) is 14.8 Å². The lowest BCUT2D eigenvalue weighted by atomic mass is 10.1. The molecule has 0 spiro atoms. The molecule has 0 unspecified atom stereocenters. The van der Waals surface area contributed by atoms with Gasteiger partial charge in [-0.25, -0.2) is 13.2 Å². The number of fused-ring (bicyclic) bond motifs is 1. The molecule has 26 heavy (non-hydrogen) atoms. The van der Waals surface area contributed by atoms with Crippen LogP contribution in [0.15, 0.2) is 50.6 Å². The fraction of sp³-hybridized carbons (Fsp3) is 0.188. The number of benzene rings is 1. The van der Waals surface area contributed by atoms with Crippen molar-refractivity contribution >= 4 is 54.2 Å². The third-order valence-corrected chi connectivity index (χ3v) is 7.38. The zero-order valence-corrected chi connectivity index (χ0v) is 16.8. The summed E-state index contributed by atoms with van der Waals surface area (Å²) in [7, 11) is -3.95. The van der Waals surface area contributed by atoms with Crippen molar-refractivity contribution in [3.05, 3.63) is 51.9 Å². The number of carboxylic acids is 1. The van der Waals surface area contributed by atoms with Gasteiger partial charge in [0.25, 0.3) is 10.0 Å². The van der Waals surface area contributed by atoms with Crippen molar-refractivity contribution in [1.82, 2.24) is 15.0 Å². The monoisotopic (exact) mass is 457 g/mol. The maximum Gasteiger partial charge on any atom is 0.336 e. The molecule has 1 aromatic carbocycles. The second kappa shape index (κ2) is 7.49. The Hall–Kier alpha value is -1.72. The minimum absolute atomic E-state index is 0.0390. The lowest BCUT2D eigenvalue weighted by Gasteiger charge is -2.20. The van der Waals surface area contributed by atoms with E-state index in [1.807, 2.05) is 24.3 Å². The first-order valence-corrected chi connectivity index (χ1v) is 10.7. The minimum atomic E-state index is -3.95. The van der Waals surface area contributed by atoms with Crippen molar-refractivity contribution in [2.24, 2.45) is 0 Å². The first kappa shape index (κ1) is 19.1. The van der Waals surface area contributed by atoms with Crippen LogP contribution in [0.4, 0.5) is 0 Å². The fourth-order valence-corrected chi connectivity index (χ4v) is 5.74. The molecule has 0 radical (unpaired) electrons. The predicted molar refractivity (Wildman–Crippen MR) is 104 cm³/mol. The van der Waals surface area contributed by atoms with Gasteiger partial charge < -0.3 is 10.1 Å². The lowest BCUT2D eigenvalue weighted by molar-refractivity contribution is -0.140. The zero-order valence-electron chi connectivity index (χ0n) is 13.6. The second-order valence-corrected chi connectivity index (χ2v) is 10.0. The number of aromatic nitrogens is 1. The highest BCUT2D eigenvalue weighted by molar-refractivity contribution is 9.11. The van der Waals surface area contributed by atoms with Gasteiger partial charge in [-0.2, -0.15) is 4.72 Å². The first-order valence-electron chi connectivity index (χ1n) is 7.60. The third-order valence-electron chi connectivity index (χ3n) is 3.84. The van der Waals surface area contributed by atoms with Crippen molar-refractivity contribution in [1.29, 1.82) is 0 Å². The summed E-state index contributed by atoms with van der Waals surface area (Å²) >= 11 is 4.21. The van der Waals surface area contributed by atoms with E-state index < -0.39 is 28.2 Å². The van der Waals surface area contributed by atoms with Gasteiger partial charge in [0.05, 0.1) is 3.79 Å². The Bertz CT molecular complexity index is 1040. The molecule has 2 heterocycles. The van der Waals surface area contributed by atoms with E-state index in [0.717, 1.165) is 27.8 Å². The van der Waals surface area contributed by atoms with Crippen LogP contribution < -0.4 is 10.0 Å². The average molecular weight is 458 g/mol. The Labute approximate surface area is 162 Å². The van der Waals surface area contributed by atoms with Gasteiger partial charge in [-0.1, -0.05) is 18.2 Å². The maximum atomic E-state index is 12.4. The Morgan fingerprint density at radius 3 is 2.65 bits per heavy atom. The van der Waals surface area contributed by atoms with E-state index in [2.05, 4.69) is 31.0 Å². The van der Waals surface area contributed by atoms with Crippen LogP contribution in [0.2, 0.25) is 0 Å². The molecular formula is C16H16BrN3O4S2. The number of para-hydroxylation sites is 1. The average Bonchev–Trinajstić information content (AvgIpc) is 3.20. The van der Waals surface area contributed by atoms with Crippen LogP contribution in [-0.4, -0.2) is 30.6 Å². The number of rotatable bonds is 7. The summed E-state index contributed by atoms with van der Waals surface area (Å²) in [5, 5.41) is 13.2. The van der Waals surface area contributed by atoms with Crippen molar-refractivity contribution in [2.75, 3.05) is 0 Å². The number of nitrogens with one attached hydrogen (secondary N) is 3. The molecule has 0 saturated carbocycles. The Kier molecular flexibility index (Phi) is 5.49. The molecule has 4 N–H and O–H groups in total. The number of carbonyl (C=O) groups is 1. The second-order valence-electron chi connectivity index (χ2n) is 5.63. The molecule has 3 rings (SSSR count). The zero-order chi connectivity index (χ0) is 18.9. The minimum Gasteiger partial charge on any atom is -0.479 e. The van der Waals surface area contributed by atoms with Crippen LogP contribution >= 0.6 is 27.3 Å². The smallest absolute Gasteiger partial charge is 0.336 e. The number of aromatic amines is 1. The standard InChI is InChI=1S/C16H16BrN3O4S2/c1-9(11-8-18-12-5-3-2-4-10(11)12)19-15(16(21)22)20-26(23,24)14-7-6-13(17)25-14/h2-9,15,18-20H,1H3,(H,21,22)/t9-,15-/m0/s1. The van der Waals surface area contributed by atoms with Gasteiger partial charge in [0.15, 0.2) is 6.17 Å². The van der Waals surface area contributed by atoms with Gasteiger partial charge in [-0.3, -0.25) is 5.32 Å². The van der Waals surface area contributed by atoms with Gasteiger partial charge in [0.1, 0.15) is 4.21 Å². The van der Waals surface area contributed by atoms with E-state index in [1.54, 1.807) is 19.2 Å². The molecule has 2 aromatic heterocycles. The molecule has 138 valence electrons. The van der Waals surface area contributed by atoms with Crippen LogP contribution in [0, 0.1) is 0 Å². The lowest BCUT2D eigenvalue weighted by Crippen LogP contribution is -2.51. The van der Waals surface area contributed by atoms with Crippen molar-refractivity contribution < 1.29 is 18.3 Å². The molecule has 2 atom stereocenters. The van der Waals surface area contributed by atoms with Crippen molar-refractivity contribution in [3.63, 3.8) is 0 Å². The van der Waals surface area contributed by atoms with Gasteiger partial charge in [0, 0.05) is 23.1 Å². The van der Waals surface area contributed by atoms with Crippen molar-refractivity contribution in [3.8, 4) is 0 Å². The number of thiophene rings is 1. The summed E-state index contributed by atoms with van der Waals surface area (Å²) in [6.45, 7) is 1.78. The van der Waals surface area contributed by atoms with Crippen molar-refractivity contribution in [2.45, 2.75) is 23.3 Å². The van der Waals surface area contributed by atoms with Crippen LogP contribution in [0.1, 0.15) is 18.5 Å². The van der Waals surface area contributed by atoms with E-state index in [4.69, 9.17) is 0 Å². The summed E-state index contributed by atoms with van der Waals surface area (Å²) < 4.78 is 27.7. The highest BCUT2D eigenvalue weighted by Gasteiger charge is 2.28. The van der Waals surface area contributed by atoms with Crippen LogP contribution in [0.3, 0.4) is 0 Å². The molecule has 3 aromatic rings. The van der Waals surface area contributed by atoms with E-state index >= 15 is 0 Å². The maximum absolute atomic E-state index is 12.4. The molecule has 0 aliphatic heterocycles. The Balaban J connectivity index is 1.81. The number of carboxylic acid groups (broad SMARTS) is 1. The number of hydrogen-bond donors (Lipinski definition) is 4. The fourth-order valence-electron chi connectivity index (χ4n) is 2.60. The van der Waals surface area contributed by atoms with Gasteiger partial charge in [0.2, 0.25) is 0 Å². The molecule has 0 fully saturated rings. The van der Waals surface area contributed by atoms with Gasteiger partial charge in [-0.05, 0) is 46.6 Å². The summed E-state index contributed by atoms with van der Waals surface area (Å²) in [6.07, 6.45) is 0.316. The molecule has 10 heteroatoms. The van der Waals surface area contributed by atoms with E-state index in [1.165, 1.54) is 6.07 Å². The molecule has 0 amide bonds. The van der Waals surface area contributed by atoms with E-state index in [-0.39, 0.29) is 4.21 Å². The van der Waals surface area contributed by atoms with Gasteiger partial charge in [-0.15, -0.1) is 11.3 Å². The summed E-state index contributed by atoms with van der Waals surface area (Å²) in [6, 6.07) is 10.2. The molecular weight excluding hydrogens is 442 g/mol. The SMILES string of the molecule is C[C@H](N[C@@H](NS(=O)(=O)c1ccc(Br)s1)C(=O)O)c1c[nH]c2ccccc12. The molecule has 0 aliphatic rings. The summed E-state index contributed by atoms with van der Waals surface area (Å²) in [5.74, 6) is -1.31. The highest BCUT2D eigenvalue weighted by atomic mass is 79.9. The number of sulfonamides is 1. The topological polar surface area (TPSA) is 111 Å². The number of H-pyrrole nitrogens is 1. The normalized spacial score (nSPS) is 14.4. The molecule has 7 nitrogen and oxygen atoms in total. The number of hydrogen-bond acceptors (Lipinski definition) is 5. The van der Waals surface area contributed by atoms with Gasteiger partial charge >= 0.3 is 5.97 Å². The quantitative estimate of drug-likeness (QED) is 0.407. The Morgan fingerprint density at radius 2 is 2.00 bits per heavy atom. The van der Waals surface area contributed by atoms with E-state index in [0.29, 0.717) is 3.79 Å². The Morgan fingerprint density at radius 1 is 1.27 bits per heavy atom. The predicted octanol–water partition coefficient (Wildman–Crippen LogP) is 3.03. The first-order chi connectivity index (χ1) is 12.3. The molecule has 0 bridgehead atoms. The van der Waals surface area contributed by atoms with E-state index in [9.17, 15) is 18.3 Å². The summed E-state index contributed by atoms with van der Waals surface area (Å²) in [4.78, 5) is 14.7.